The van der Waals surface area contributed by atoms with Gasteiger partial charge in [0.05, 0.1) is 4.90 Å². The fourth-order valence-electron chi connectivity index (χ4n) is 2.13. The predicted octanol–water partition coefficient (Wildman–Crippen LogP) is 2.68. The first-order valence-corrected chi connectivity index (χ1v) is 9.04. The summed E-state index contributed by atoms with van der Waals surface area (Å²) in [6.07, 6.45) is 0. The van der Waals surface area contributed by atoms with Gasteiger partial charge in [-0.2, -0.15) is 8.42 Å². The number of phenolic OH excluding ortho intramolecular Hbond substituents is 2. The van der Waals surface area contributed by atoms with Crippen molar-refractivity contribution in [2.75, 3.05) is 11.9 Å². The molecule has 0 saturated heterocycles. The Labute approximate surface area is 155 Å². The molecule has 5 N–H and O–H groups in total. The number of fused-ring (bicyclic) bond motifs is 1. The van der Waals surface area contributed by atoms with Crippen LogP contribution in [0.5, 0.6) is 11.5 Å². The molecule has 0 aliphatic rings. The van der Waals surface area contributed by atoms with Gasteiger partial charge >= 0.3 is 5.97 Å². The lowest BCUT2D eigenvalue weighted by atomic mass is 10.1. The number of phenols is 2. The number of anilines is 1. The molecule has 0 unspecified atom stereocenters. The molecule has 0 bridgehead atoms. The summed E-state index contributed by atoms with van der Waals surface area (Å²) in [6.45, 7) is -0.120. The Morgan fingerprint density at radius 1 is 0.852 bits per heavy atom. The first kappa shape index (κ1) is 20.0. The van der Waals surface area contributed by atoms with Crippen molar-refractivity contribution in [1.29, 1.82) is 0 Å². The number of aromatic hydroxyl groups is 2. The third-order valence-electron chi connectivity index (χ3n) is 3.40. The van der Waals surface area contributed by atoms with E-state index in [0.717, 1.165) is 0 Å². The van der Waals surface area contributed by atoms with Gasteiger partial charge in [0.25, 0.3) is 10.1 Å². The summed E-state index contributed by atoms with van der Waals surface area (Å²) in [5, 5.41) is 30.4. The van der Waals surface area contributed by atoms with E-state index in [0.29, 0.717) is 16.5 Å². The van der Waals surface area contributed by atoms with Crippen LogP contribution in [-0.2, 0) is 14.9 Å². The molecule has 3 aromatic carbocycles. The minimum Gasteiger partial charge on any atom is -0.508 e. The summed E-state index contributed by atoms with van der Waals surface area (Å²) in [5.41, 5.74) is 0.676. The van der Waals surface area contributed by atoms with Crippen LogP contribution in [0.15, 0.2) is 65.6 Å². The average Bonchev–Trinajstić information content (AvgIpc) is 2.60. The van der Waals surface area contributed by atoms with E-state index in [1.165, 1.54) is 42.5 Å². The zero-order valence-electron chi connectivity index (χ0n) is 13.9. The minimum atomic E-state index is -4.17. The standard InChI is InChI=1S/C10H8O4S.C8H9NO3/c11-9-3-1-8-6-10(15(12,13)14)4-2-7(8)5-9;10-7-3-1-6(2-4-7)9-5-8(11)12/h1-6,11H,(H,12,13,14);1-4,9-10H,5H2,(H,11,12). The van der Waals surface area contributed by atoms with E-state index in [1.807, 2.05) is 0 Å². The lowest BCUT2D eigenvalue weighted by molar-refractivity contribution is -0.134. The van der Waals surface area contributed by atoms with Crippen molar-refractivity contribution >= 4 is 32.5 Å². The summed E-state index contributed by atoms with van der Waals surface area (Å²) in [4.78, 5) is 9.98. The lowest BCUT2D eigenvalue weighted by Crippen LogP contribution is -2.11. The van der Waals surface area contributed by atoms with Crippen LogP contribution in [0, 0.1) is 0 Å². The summed E-state index contributed by atoms with van der Waals surface area (Å²) >= 11 is 0. The van der Waals surface area contributed by atoms with Crippen molar-refractivity contribution in [3.05, 3.63) is 60.7 Å². The van der Waals surface area contributed by atoms with E-state index in [4.69, 9.17) is 14.8 Å². The smallest absolute Gasteiger partial charge is 0.322 e. The molecule has 142 valence electrons. The van der Waals surface area contributed by atoms with Crippen LogP contribution in [0.2, 0.25) is 0 Å². The van der Waals surface area contributed by atoms with Gasteiger partial charge < -0.3 is 20.6 Å². The molecule has 27 heavy (non-hydrogen) atoms. The zero-order valence-corrected chi connectivity index (χ0v) is 14.7. The van der Waals surface area contributed by atoms with Gasteiger partial charge in [-0.25, -0.2) is 0 Å². The second-order valence-electron chi connectivity index (χ2n) is 5.46. The largest absolute Gasteiger partial charge is 0.508 e. The highest BCUT2D eigenvalue weighted by molar-refractivity contribution is 7.85. The fraction of sp³-hybridized carbons (Fsp3) is 0.0556. The first-order valence-electron chi connectivity index (χ1n) is 7.60. The fourth-order valence-corrected chi connectivity index (χ4v) is 2.64. The normalized spacial score (nSPS) is 10.7. The van der Waals surface area contributed by atoms with Crippen molar-refractivity contribution in [3.63, 3.8) is 0 Å². The number of carboxylic acid groups (broad SMARTS) is 1. The number of benzene rings is 3. The molecule has 0 spiro atoms. The van der Waals surface area contributed by atoms with Crippen LogP contribution >= 0.6 is 0 Å². The van der Waals surface area contributed by atoms with Crippen LogP contribution in [0.1, 0.15) is 0 Å². The van der Waals surface area contributed by atoms with E-state index in [9.17, 15) is 18.3 Å². The van der Waals surface area contributed by atoms with Gasteiger partial charge in [0, 0.05) is 5.69 Å². The van der Waals surface area contributed by atoms with E-state index >= 15 is 0 Å². The maximum absolute atomic E-state index is 10.8. The van der Waals surface area contributed by atoms with Gasteiger partial charge in [-0.3, -0.25) is 9.35 Å². The topological polar surface area (TPSA) is 144 Å². The van der Waals surface area contributed by atoms with Gasteiger partial charge in [-0.05, 0) is 59.3 Å². The van der Waals surface area contributed by atoms with Crippen LogP contribution in [-0.4, -0.2) is 40.8 Å². The quantitative estimate of drug-likeness (QED) is 0.337. The van der Waals surface area contributed by atoms with Gasteiger partial charge in [0.15, 0.2) is 0 Å². The minimum absolute atomic E-state index is 0.113. The Hall–Kier alpha value is -3.30. The second-order valence-corrected chi connectivity index (χ2v) is 6.88. The highest BCUT2D eigenvalue weighted by atomic mass is 32.2. The van der Waals surface area contributed by atoms with Crippen molar-refractivity contribution in [3.8, 4) is 11.5 Å². The van der Waals surface area contributed by atoms with E-state index < -0.39 is 16.1 Å². The van der Waals surface area contributed by atoms with Crippen LogP contribution in [0.3, 0.4) is 0 Å². The third-order valence-corrected chi connectivity index (χ3v) is 4.25. The molecular formula is C18H17NO7S. The molecule has 0 saturated carbocycles. The molecule has 0 aliphatic heterocycles. The van der Waals surface area contributed by atoms with Crippen LogP contribution < -0.4 is 5.32 Å². The molecule has 8 nitrogen and oxygen atoms in total. The van der Waals surface area contributed by atoms with E-state index in [1.54, 1.807) is 18.2 Å². The van der Waals surface area contributed by atoms with Crippen molar-refractivity contribution in [2.45, 2.75) is 4.90 Å². The summed E-state index contributed by atoms with van der Waals surface area (Å²) in [7, 11) is -4.17. The van der Waals surface area contributed by atoms with Crippen molar-refractivity contribution in [2.24, 2.45) is 0 Å². The molecule has 0 aliphatic carbocycles. The molecule has 0 heterocycles. The Kier molecular flexibility index (Phi) is 6.22. The Balaban J connectivity index is 0.000000199. The molecule has 9 heteroatoms. The summed E-state index contributed by atoms with van der Waals surface area (Å²) in [5.74, 6) is -0.638. The van der Waals surface area contributed by atoms with E-state index in [2.05, 4.69) is 5.32 Å². The predicted molar refractivity (Wildman–Crippen MR) is 99.7 cm³/mol. The zero-order chi connectivity index (χ0) is 20.0. The molecule has 0 aromatic heterocycles. The molecule has 0 amide bonds. The van der Waals surface area contributed by atoms with Crippen molar-refractivity contribution < 1.29 is 33.1 Å². The summed E-state index contributed by atoms with van der Waals surface area (Å²) in [6, 6.07) is 14.9. The molecular weight excluding hydrogens is 374 g/mol. The van der Waals surface area contributed by atoms with E-state index in [-0.39, 0.29) is 22.9 Å². The van der Waals surface area contributed by atoms with Crippen molar-refractivity contribution in [1.82, 2.24) is 0 Å². The van der Waals surface area contributed by atoms with Gasteiger partial charge in [-0.15, -0.1) is 0 Å². The number of rotatable bonds is 4. The molecule has 0 radical (unpaired) electrons. The van der Waals surface area contributed by atoms with Gasteiger partial charge in [-0.1, -0.05) is 12.1 Å². The Morgan fingerprint density at radius 2 is 1.41 bits per heavy atom. The van der Waals surface area contributed by atoms with Gasteiger partial charge in [0.2, 0.25) is 0 Å². The third kappa shape index (κ3) is 6.17. The number of nitrogens with one attached hydrogen (secondary N) is 1. The Morgan fingerprint density at radius 3 is 2.00 bits per heavy atom. The summed E-state index contributed by atoms with van der Waals surface area (Å²) < 4.78 is 30.5. The molecule has 3 rings (SSSR count). The number of carbonyl (C=O) groups is 1. The first-order chi connectivity index (χ1) is 12.6. The SMILES string of the molecule is O=C(O)CNc1ccc(O)cc1.O=S(=O)(O)c1ccc2cc(O)ccc2c1. The number of hydrogen-bond acceptors (Lipinski definition) is 6. The second kappa shape index (κ2) is 8.39. The highest BCUT2D eigenvalue weighted by Crippen LogP contribution is 2.22. The number of carboxylic acids is 1. The molecule has 3 aromatic rings. The highest BCUT2D eigenvalue weighted by Gasteiger charge is 2.09. The molecule has 0 atom stereocenters. The maximum Gasteiger partial charge on any atom is 0.322 e. The molecule has 0 fully saturated rings. The van der Waals surface area contributed by atoms with Crippen LogP contribution in [0.4, 0.5) is 5.69 Å². The Bertz CT molecular complexity index is 1050. The monoisotopic (exact) mass is 391 g/mol. The van der Waals surface area contributed by atoms with Crippen LogP contribution in [0.25, 0.3) is 10.8 Å². The lowest BCUT2D eigenvalue weighted by Gasteiger charge is -2.01. The maximum atomic E-state index is 10.8. The average molecular weight is 391 g/mol. The number of hydrogen-bond donors (Lipinski definition) is 5. The van der Waals surface area contributed by atoms with Gasteiger partial charge in [0.1, 0.15) is 18.0 Å². The number of aliphatic carboxylic acids is 1.